The van der Waals surface area contributed by atoms with Crippen LogP contribution in [0.3, 0.4) is 0 Å². The van der Waals surface area contributed by atoms with Gasteiger partial charge in [0.15, 0.2) is 0 Å². The molecule has 2 aromatic rings. The number of hydrogen-bond donors (Lipinski definition) is 2. The standard InChI is InChI=1S/C15H17N3/c1-10-8-11-4-2-3-5-15(11)18(10)12-6-7-13(16)14(17)9-12/h2-7,9-10H,8,16-17H2,1H3. The Balaban J connectivity index is 2.09. The highest BCUT2D eigenvalue weighted by molar-refractivity contribution is 5.76. The Morgan fingerprint density at radius 2 is 1.83 bits per heavy atom. The Hall–Kier alpha value is -2.16. The number of fused-ring (bicyclic) bond motifs is 1. The molecular formula is C15H17N3. The summed E-state index contributed by atoms with van der Waals surface area (Å²) < 4.78 is 0. The molecule has 0 saturated heterocycles. The van der Waals surface area contributed by atoms with Crippen LogP contribution in [0.15, 0.2) is 42.5 Å². The van der Waals surface area contributed by atoms with Crippen LogP contribution in [0.2, 0.25) is 0 Å². The number of para-hydroxylation sites is 1. The van der Waals surface area contributed by atoms with E-state index in [0.29, 0.717) is 17.4 Å². The topological polar surface area (TPSA) is 55.3 Å². The summed E-state index contributed by atoms with van der Waals surface area (Å²) in [6.07, 6.45) is 1.07. The van der Waals surface area contributed by atoms with E-state index in [1.807, 2.05) is 18.2 Å². The van der Waals surface area contributed by atoms with Crippen molar-refractivity contribution in [1.82, 2.24) is 0 Å². The molecule has 0 amide bonds. The van der Waals surface area contributed by atoms with Gasteiger partial charge in [0.1, 0.15) is 0 Å². The van der Waals surface area contributed by atoms with E-state index in [9.17, 15) is 0 Å². The zero-order chi connectivity index (χ0) is 12.7. The molecule has 3 nitrogen and oxygen atoms in total. The third-order valence-corrected chi connectivity index (χ3v) is 3.56. The van der Waals surface area contributed by atoms with Crippen LogP contribution < -0.4 is 16.4 Å². The van der Waals surface area contributed by atoms with E-state index in [1.165, 1.54) is 11.3 Å². The summed E-state index contributed by atoms with van der Waals surface area (Å²) in [5.74, 6) is 0. The summed E-state index contributed by atoms with van der Waals surface area (Å²) in [7, 11) is 0. The van der Waals surface area contributed by atoms with Crippen molar-refractivity contribution in [3.8, 4) is 0 Å². The lowest BCUT2D eigenvalue weighted by atomic mass is 10.1. The summed E-state index contributed by atoms with van der Waals surface area (Å²) in [5, 5.41) is 0. The fourth-order valence-electron chi connectivity index (χ4n) is 2.67. The molecule has 2 aromatic carbocycles. The molecule has 0 aliphatic carbocycles. The minimum atomic E-state index is 0.449. The Morgan fingerprint density at radius 1 is 1.06 bits per heavy atom. The fourth-order valence-corrected chi connectivity index (χ4v) is 2.67. The van der Waals surface area contributed by atoms with Gasteiger partial charge in [0.25, 0.3) is 0 Å². The smallest absolute Gasteiger partial charge is 0.0568 e. The van der Waals surface area contributed by atoms with Crippen molar-refractivity contribution in [1.29, 1.82) is 0 Å². The number of nitrogens with two attached hydrogens (primary N) is 2. The average Bonchev–Trinajstić information content (AvgIpc) is 2.69. The number of nitrogens with zero attached hydrogens (tertiary/aromatic N) is 1. The van der Waals surface area contributed by atoms with Gasteiger partial charge in [-0.2, -0.15) is 0 Å². The van der Waals surface area contributed by atoms with E-state index in [-0.39, 0.29) is 0 Å². The van der Waals surface area contributed by atoms with Gasteiger partial charge in [-0.05, 0) is 43.2 Å². The molecule has 1 unspecified atom stereocenters. The Labute approximate surface area is 107 Å². The molecule has 1 heterocycles. The average molecular weight is 239 g/mol. The predicted molar refractivity (Wildman–Crippen MR) is 77.0 cm³/mol. The van der Waals surface area contributed by atoms with E-state index in [2.05, 4.69) is 36.1 Å². The second kappa shape index (κ2) is 3.95. The maximum atomic E-state index is 5.90. The van der Waals surface area contributed by atoms with Crippen LogP contribution >= 0.6 is 0 Å². The summed E-state index contributed by atoms with van der Waals surface area (Å²) in [6, 6.07) is 14.8. The van der Waals surface area contributed by atoms with E-state index in [1.54, 1.807) is 0 Å². The van der Waals surface area contributed by atoms with Gasteiger partial charge in [0, 0.05) is 17.4 Å². The van der Waals surface area contributed by atoms with Crippen LogP contribution in [-0.4, -0.2) is 6.04 Å². The van der Waals surface area contributed by atoms with Crippen LogP contribution in [-0.2, 0) is 6.42 Å². The van der Waals surface area contributed by atoms with Gasteiger partial charge < -0.3 is 16.4 Å². The second-order valence-corrected chi connectivity index (χ2v) is 4.87. The van der Waals surface area contributed by atoms with Crippen LogP contribution in [0.25, 0.3) is 0 Å². The molecule has 0 fully saturated rings. The fraction of sp³-hybridized carbons (Fsp3) is 0.200. The first-order valence-electron chi connectivity index (χ1n) is 6.19. The highest BCUT2D eigenvalue weighted by atomic mass is 15.2. The van der Waals surface area contributed by atoms with Crippen molar-refractivity contribution < 1.29 is 0 Å². The molecule has 0 bridgehead atoms. The minimum absolute atomic E-state index is 0.449. The van der Waals surface area contributed by atoms with E-state index >= 15 is 0 Å². The molecule has 1 aliphatic rings. The molecule has 0 aromatic heterocycles. The quantitative estimate of drug-likeness (QED) is 0.752. The highest BCUT2D eigenvalue weighted by Crippen LogP contribution is 2.39. The molecule has 1 atom stereocenters. The number of anilines is 4. The molecule has 0 saturated carbocycles. The van der Waals surface area contributed by atoms with Crippen LogP contribution in [0.5, 0.6) is 0 Å². The van der Waals surface area contributed by atoms with Gasteiger partial charge in [-0.15, -0.1) is 0 Å². The summed E-state index contributed by atoms with van der Waals surface area (Å²) >= 11 is 0. The van der Waals surface area contributed by atoms with Crippen molar-refractivity contribution in [2.75, 3.05) is 16.4 Å². The molecule has 18 heavy (non-hydrogen) atoms. The number of hydrogen-bond acceptors (Lipinski definition) is 3. The Bertz CT molecular complexity index is 592. The second-order valence-electron chi connectivity index (χ2n) is 4.87. The lowest BCUT2D eigenvalue weighted by molar-refractivity contribution is 0.759. The molecule has 4 N–H and O–H groups in total. The monoisotopic (exact) mass is 239 g/mol. The Morgan fingerprint density at radius 3 is 2.61 bits per heavy atom. The third-order valence-electron chi connectivity index (χ3n) is 3.56. The maximum absolute atomic E-state index is 5.90. The van der Waals surface area contributed by atoms with Crippen molar-refractivity contribution in [3.63, 3.8) is 0 Å². The van der Waals surface area contributed by atoms with Gasteiger partial charge >= 0.3 is 0 Å². The Kier molecular flexibility index (Phi) is 2.40. The van der Waals surface area contributed by atoms with Gasteiger partial charge in [-0.3, -0.25) is 0 Å². The first-order chi connectivity index (χ1) is 8.66. The predicted octanol–water partition coefficient (Wildman–Crippen LogP) is 2.93. The van der Waals surface area contributed by atoms with Crippen molar-refractivity contribution >= 4 is 22.7 Å². The molecule has 1 aliphatic heterocycles. The summed E-state index contributed by atoms with van der Waals surface area (Å²) in [4.78, 5) is 2.32. The van der Waals surface area contributed by atoms with Gasteiger partial charge in [0.05, 0.1) is 11.4 Å². The van der Waals surface area contributed by atoms with E-state index in [4.69, 9.17) is 11.5 Å². The van der Waals surface area contributed by atoms with E-state index in [0.717, 1.165) is 12.1 Å². The lowest BCUT2D eigenvalue weighted by Gasteiger charge is -2.25. The van der Waals surface area contributed by atoms with Crippen LogP contribution in [0.4, 0.5) is 22.7 Å². The molecular weight excluding hydrogens is 222 g/mol. The van der Waals surface area contributed by atoms with Crippen LogP contribution in [0.1, 0.15) is 12.5 Å². The largest absolute Gasteiger partial charge is 0.397 e. The van der Waals surface area contributed by atoms with Crippen molar-refractivity contribution in [2.24, 2.45) is 0 Å². The normalized spacial score (nSPS) is 17.8. The number of benzene rings is 2. The molecule has 3 heteroatoms. The van der Waals surface area contributed by atoms with Crippen molar-refractivity contribution in [2.45, 2.75) is 19.4 Å². The molecule has 0 spiro atoms. The van der Waals surface area contributed by atoms with E-state index < -0.39 is 0 Å². The number of rotatable bonds is 1. The lowest BCUT2D eigenvalue weighted by Crippen LogP contribution is -2.23. The molecule has 3 rings (SSSR count). The van der Waals surface area contributed by atoms with Crippen molar-refractivity contribution in [3.05, 3.63) is 48.0 Å². The van der Waals surface area contributed by atoms with Crippen LogP contribution in [0, 0.1) is 0 Å². The van der Waals surface area contributed by atoms with Gasteiger partial charge in [-0.25, -0.2) is 0 Å². The first-order valence-corrected chi connectivity index (χ1v) is 6.19. The van der Waals surface area contributed by atoms with Gasteiger partial charge in [-0.1, -0.05) is 18.2 Å². The number of nitrogen functional groups attached to an aromatic ring is 2. The third kappa shape index (κ3) is 1.59. The first kappa shape index (κ1) is 11.0. The SMILES string of the molecule is CC1Cc2ccccc2N1c1ccc(N)c(N)c1. The molecule has 92 valence electrons. The minimum Gasteiger partial charge on any atom is -0.397 e. The van der Waals surface area contributed by atoms with Gasteiger partial charge in [0.2, 0.25) is 0 Å². The zero-order valence-electron chi connectivity index (χ0n) is 10.4. The summed E-state index contributed by atoms with van der Waals surface area (Å²) in [6.45, 7) is 2.23. The summed E-state index contributed by atoms with van der Waals surface area (Å²) in [5.41, 5.74) is 16.7. The highest BCUT2D eigenvalue weighted by Gasteiger charge is 2.26. The molecule has 0 radical (unpaired) electrons. The maximum Gasteiger partial charge on any atom is 0.0568 e. The zero-order valence-corrected chi connectivity index (χ0v) is 10.4.